The Morgan fingerprint density at radius 2 is 1.62 bits per heavy atom. The van der Waals surface area contributed by atoms with Crippen molar-refractivity contribution in [1.82, 2.24) is 14.9 Å². The van der Waals surface area contributed by atoms with E-state index in [9.17, 15) is 35.5 Å². The van der Waals surface area contributed by atoms with Gasteiger partial charge in [0.2, 0.25) is 0 Å². The van der Waals surface area contributed by atoms with E-state index >= 15 is 0 Å². The molecule has 0 saturated carbocycles. The van der Waals surface area contributed by atoms with Crippen LogP contribution in [0.15, 0.2) is 42.9 Å². The second kappa shape index (κ2) is 13.4. The summed E-state index contributed by atoms with van der Waals surface area (Å²) < 4.78 is 83.4. The average molecular weight is 584 g/mol. The molecule has 17 heteroatoms. The number of halogens is 7. The second-order valence-electron chi connectivity index (χ2n) is 8.55. The van der Waals surface area contributed by atoms with E-state index in [1.165, 1.54) is 6.07 Å². The SMILES string of the molecule is O=C(O)C(F)(F)F.O=C(O)C(F)(F)F.O=C(c1cccnc1)N1CCCC2(CC(Nc3ncccc3F)CO2)C1. The fourth-order valence-corrected chi connectivity index (χ4v) is 3.85. The molecule has 2 saturated heterocycles. The molecular formula is C23H23F7N4O6. The largest absolute Gasteiger partial charge is 0.490 e. The number of nitrogens with zero attached hydrogens (tertiary/aromatic N) is 3. The van der Waals surface area contributed by atoms with Gasteiger partial charge in [-0.05, 0) is 37.1 Å². The van der Waals surface area contributed by atoms with E-state index in [2.05, 4.69) is 15.3 Å². The minimum Gasteiger partial charge on any atom is -0.475 e. The predicted molar refractivity (Wildman–Crippen MR) is 122 cm³/mol. The van der Waals surface area contributed by atoms with Gasteiger partial charge in [0.05, 0.1) is 30.4 Å². The number of aliphatic carboxylic acids is 2. The first-order chi connectivity index (χ1) is 18.5. The molecule has 220 valence electrons. The van der Waals surface area contributed by atoms with Crippen LogP contribution in [0.5, 0.6) is 0 Å². The summed E-state index contributed by atoms with van der Waals surface area (Å²) in [7, 11) is 0. The summed E-state index contributed by atoms with van der Waals surface area (Å²) >= 11 is 0. The highest BCUT2D eigenvalue weighted by Crippen LogP contribution is 2.36. The van der Waals surface area contributed by atoms with Crippen molar-refractivity contribution < 1.29 is 60.1 Å². The Balaban J connectivity index is 0.000000333. The lowest BCUT2D eigenvalue weighted by molar-refractivity contribution is -0.193. The van der Waals surface area contributed by atoms with Crippen LogP contribution in [0.1, 0.15) is 29.6 Å². The number of anilines is 1. The van der Waals surface area contributed by atoms with Crippen LogP contribution in [0.4, 0.5) is 36.6 Å². The Labute approximate surface area is 221 Å². The van der Waals surface area contributed by atoms with Crippen molar-refractivity contribution in [2.75, 3.05) is 25.0 Å². The van der Waals surface area contributed by atoms with Gasteiger partial charge in [0.1, 0.15) is 0 Å². The summed E-state index contributed by atoms with van der Waals surface area (Å²) in [5, 5.41) is 17.4. The number of carbonyl (C=O) groups is 3. The number of ether oxygens (including phenoxy) is 1. The van der Waals surface area contributed by atoms with E-state index in [1.807, 2.05) is 4.90 Å². The highest BCUT2D eigenvalue weighted by atomic mass is 19.4. The van der Waals surface area contributed by atoms with Gasteiger partial charge in [0.15, 0.2) is 11.6 Å². The van der Waals surface area contributed by atoms with E-state index in [0.29, 0.717) is 25.3 Å². The smallest absolute Gasteiger partial charge is 0.475 e. The number of hydrogen-bond donors (Lipinski definition) is 3. The highest BCUT2D eigenvalue weighted by Gasteiger charge is 2.45. The number of piperidine rings is 1. The van der Waals surface area contributed by atoms with Gasteiger partial charge in [0, 0.05) is 31.6 Å². The zero-order valence-corrected chi connectivity index (χ0v) is 20.4. The third-order valence-electron chi connectivity index (χ3n) is 5.53. The van der Waals surface area contributed by atoms with Crippen LogP contribution >= 0.6 is 0 Å². The lowest BCUT2D eigenvalue weighted by Crippen LogP contribution is -2.50. The zero-order chi connectivity index (χ0) is 30.1. The number of alkyl halides is 6. The molecule has 0 aromatic carbocycles. The van der Waals surface area contributed by atoms with Gasteiger partial charge in [0.25, 0.3) is 5.91 Å². The number of carboxylic acids is 2. The Bertz CT molecular complexity index is 1140. The molecule has 4 rings (SSSR count). The molecule has 0 bridgehead atoms. The summed E-state index contributed by atoms with van der Waals surface area (Å²) in [6.45, 7) is 1.74. The molecule has 2 aliphatic rings. The fraction of sp³-hybridized carbons (Fsp3) is 0.435. The van der Waals surface area contributed by atoms with Crippen LogP contribution in [0, 0.1) is 5.82 Å². The van der Waals surface area contributed by atoms with Crippen molar-refractivity contribution in [3.63, 3.8) is 0 Å². The number of nitrogens with one attached hydrogen (secondary N) is 1. The summed E-state index contributed by atoms with van der Waals surface area (Å²) in [6, 6.07) is 6.47. The minimum absolute atomic E-state index is 0.0204. The zero-order valence-electron chi connectivity index (χ0n) is 20.4. The van der Waals surface area contributed by atoms with E-state index in [-0.39, 0.29) is 29.2 Å². The van der Waals surface area contributed by atoms with Crippen molar-refractivity contribution in [2.24, 2.45) is 0 Å². The van der Waals surface area contributed by atoms with Gasteiger partial charge in [-0.1, -0.05) is 0 Å². The first-order valence-corrected chi connectivity index (χ1v) is 11.3. The normalized spacial score (nSPS) is 20.5. The Morgan fingerprint density at radius 1 is 1.02 bits per heavy atom. The molecular weight excluding hydrogens is 561 g/mol. The highest BCUT2D eigenvalue weighted by molar-refractivity contribution is 5.94. The van der Waals surface area contributed by atoms with Crippen LogP contribution in [-0.4, -0.2) is 86.6 Å². The number of carboxylic acid groups (broad SMARTS) is 2. The van der Waals surface area contributed by atoms with E-state index in [4.69, 9.17) is 24.5 Å². The van der Waals surface area contributed by atoms with Crippen molar-refractivity contribution in [3.8, 4) is 0 Å². The summed E-state index contributed by atoms with van der Waals surface area (Å²) in [5.41, 5.74) is 0.215. The molecule has 1 spiro atoms. The van der Waals surface area contributed by atoms with Crippen LogP contribution < -0.4 is 5.32 Å². The van der Waals surface area contributed by atoms with Crippen LogP contribution in [-0.2, 0) is 14.3 Å². The van der Waals surface area contributed by atoms with Crippen molar-refractivity contribution in [2.45, 2.75) is 43.3 Å². The number of likely N-dealkylation sites (tertiary alicyclic amines) is 1. The van der Waals surface area contributed by atoms with Gasteiger partial charge in [-0.15, -0.1) is 0 Å². The Kier molecular flexibility index (Phi) is 10.8. The summed E-state index contributed by atoms with van der Waals surface area (Å²) in [5.74, 6) is -5.66. The second-order valence-corrected chi connectivity index (χ2v) is 8.55. The average Bonchev–Trinajstić information content (AvgIpc) is 3.26. The number of aromatic nitrogens is 2. The molecule has 2 aromatic rings. The maximum Gasteiger partial charge on any atom is 0.490 e. The number of hydrogen-bond acceptors (Lipinski definition) is 7. The third kappa shape index (κ3) is 9.62. The van der Waals surface area contributed by atoms with Crippen LogP contribution in [0.3, 0.4) is 0 Å². The van der Waals surface area contributed by atoms with Gasteiger partial charge < -0.3 is 25.2 Å². The number of carbonyl (C=O) groups excluding carboxylic acids is 1. The predicted octanol–water partition coefficient (Wildman–Crippen LogP) is 3.76. The van der Waals surface area contributed by atoms with Crippen LogP contribution in [0.25, 0.3) is 0 Å². The molecule has 2 unspecified atom stereocenters. The summed E-state index contributed by atoms with van der Waals surface area (Å²) in [6.07, 6.45) is -2.86. The minimum atomic E-state index is -5.08. The van der Waals surface area contributed by atoms with Gasteiger partial charge in [-0.3, -0.25) is 9.78 Å². The number of rotatable bonds is 3. The maximum atomic E-state index is 13.8. The first kappa shape index (κ1) is 32.2. The molecule has 0 radical (unpaired) electrons. The Hall–Kier alpha value is -4.02. The number of amides is 1. The van der Waals surface area contributed by atoms with Crippen molar-refractivity contribution in [3.05, 3.63) is 54.2 Å². The molecule has 2 fully saturated rings. The molecule has 10 nitrogen and oxygen atoms in total. The Morgan fingerprint density at radius 3 is 2.15 bits per heavy atom. The molecule has 2 atom stereocenters. The molecule has 3 N–H and O–H groups in total. The van der Waals surface area contributed by atoms with Crippen molar-refractivity contribution >= 4 is 23.7 Å². The van der Waals surface area contributed by atoms with Gasteiger partial charge >= 0.3 is 24.3 Å². The summed E-state index contributed by atoms with van der Waals surface area (Å²) in [4.78, 5) is 40.4. The standard InChI is InChI=1S/C19H21FN4O2.2C2HF3O2/c20-16-5-2-8-22-17(16)23-15-10-19(26-12-15)6-3-9-24(13-19)18(25)14-4-1-7-21-11-14;2*3-2(4,5)1(6)7/h1-2,4-5,7-8,11,15H,3,6,9-10,12-13H2,(H,22,23);2*(H,6,7). The van der Waals surface area contributed by atoms with E-state index in [1.54, 1.807) is 36.8 Å². The van der Waals surface area contributed by atoms with Gasteiger partial charge in [-0.25, -0.2) is 19.0 Å². The molecule has 1 amide bonds. The van der Waals surface area contributed by atoms with E-state index in [0.717, 1.165) is 19.3 Å². The number of pyridine rings is 2. The molecule has 40 heavy (non-hydrogen) atoms. The van der Waals surface area contributed by atoms with Gasteiger partial charge in [-0.2, -0.15) is 26.3 Å². The topological polar surface area (TPSA) is 142 Å². The molecule has 2 aromatic heterocycles. The quantitative estimate of drug-likeness (QED) is 0.460. The maximum absolute atomic E-state index is 13.8. The first-order valence-electron chi connectivity index (χ1n) is 11.3. The molecule has 0 aliphatic carbocycles. The molecule has 2 aliphatic heterocycles. The van der Waals surface area contributed by atoms with Crippen LogP contribution in [0.2, 0.25) is 0 Å². The lowest BCUT2D eigenvalue weighted by atomic mass is 9.88. The monoisotopic (exact) mass is 584 g/mol. The fourth-order valence-electron chi connectivity index (χ4n) is 3.85. The third-order valence-corrected chi connectivity index (χ3v) is 5.53. The van der Waals surface area contributed by atoms with E-state index < -0.39 is 24.3 Å². The molecule has 4 heterocycles. The van der Waals surface area contributed by atoms with Crippen molar-refractivity contribution in [1.29, 1.82) is 0 Å². The lowest BCUT2D eigenvalue weighted by Gasteiger charge is -2.39.